The Hall–Kier alpha value is -0.930. The van der Waals surface area contributed by atoms with Crippen LogP contribution in [0.4, 0.5) is 0 Å². The molecule has 3 heteroatoms. The summed E-state index contributed by atoms with van der Waals surface area (Å²) >= 11 is 0. The van der Waals surface area contributed by atoms with Gasteiger partial charge in [0.05, 0.1) is 0 Å². The molecule has 0 atom stereocenters. The number of nitrogens with two attached hydrogens (primary N) is 1. The third-order valence-electron chi connectivity index (χ3n) is 3.57. The number of aromatic nitrogens is 1. The quantitative estimate of drug-likeness (QED) is 0.847. The lowest BCUT2D eigenvalue weighted by Crippen LogP contribution is -2.36. The van der Waals surface area contributed by atoms with Crippen molar-refractivity contribution in [1.29, 1.82) is 0 Å². The molecular weight excluding hydrogens is 210 g/mol. The summed E-state index contributed by atoms with van der Waals surface area (Å²) in [4.78, 5) is 6.80. The van der Waals surface area contributed by atoms with Crippen LogP contribution < -0.4 is 5.73 Å². The van der Waals surface area contributed by atoms with Gasteiger partial charge in [-0.25, -0.2) is 0 Å². The van der Waals surface area contributed by atoms with Gasteiger partial charge in [0.1, 0.15) is 0 Å². The summed E-state index contributed by atoms with van der Waals surface area (Å²) in [5, 5.41) is 0. The number of pyridine rings is 1. The second-order valence-corrected chi connectivity index (χ2v) is 5.07. The molecule has 2 N–H and O–H groups in total. The summed E-state index contributed by atoms with van der Waals surface area (Å²) in [5.74, 6) is 0. The van der Waals surface area contributed by atoms with E-state index in [0.29, 0.717) is 0 Å². The molecule has 0 aliphatic heterocycles. The van der Waals surface area contributed by atoms with E-state index in [4.69, 9.17) is 5.73 Å². The maximum Gasteiger partial charge on any atom is 0.0313 e. The van der Waals surface area contributed by atoms with E-state index in [1.54, 1.807) is 0 Å². The van der Waals surface area contributed by atoms with Crippen molar-refractivity contribution in [3.8, 4) is 0 Å². The molecule has 0 unspecified atom stereocenters. The van der Waals surface area contributed by atoms with E-state index in [1.807, 2.05) is 12.4 Å². The zero-order valence-electron chi connectivity index (χ0n) is 10.7. The normalized spacial score (nSPS) is 16.9. The SMILES string of the molecule is Cc1cncc(CN(CCN)C2CCCC2)c1. The molecule has 1 aromatic rings. The third-order valence-corrected chi connectivity index (χ3v) is 3.57. The van der Waals surface area contributed by atoms with Gasteiger partial charge in [0.2, 0.25) is 0 Å². The van der Waals surface area contributed by atoms with Gasteiger partial charge in [-0.15, -0.1) is 0 Å². The first kappa shape index (κ1) is 12.5. The van der Waals surface area contributed by atoms with Crippen LogP contribution in [0.15, 0.2) is 18.5 Å². The minimum Gasteiger partial charge on any atom is -0.329 e. The van der Waals surface area contributed by atoms with Crippen molar-refractivity contribution >= 4 is 0 Å². The molecule has 1 heterocycles. The lowest BCUT2D eigenvalue weighted by atomic mass is 10.1. The number of aryl methyl sites for hydroxylation is 1. The van der Waals surface area contributed by atoms with E-state index in [9.17, 15) is 0 Å². The van der Waals surface area contributed by atoms with E-state index >= 15 is 0 Å². The molecule has 1 aliphatic rings. The van der Waals surface area contributed by atoms with Gasteiger partial charge >= 0.3 is 0 Å². The smallest absolute Gasteiger partial charge is 0.0313 e. The Morgan fingerprint density at radius 3 is 2.76 bits per heavy atom. The van der Waals surface area contributed by atoms with Crippen molar-refractivity contribution in [1.82, 2.24) is 9.88 Å². The fraction of sp³-hybridized carbons (Fsp3) is 0.643. The van der Waals surface area contributed by atoms with Gasteiger partial charge in [0.25, 0.3) is 0 Å². The molecule has 2 rings (SSSR count). The first-order valence-corrected chi connectivity index (χ1v) is 6.64. The predicted octanol–water partition coefficient (Wildman–Crippen LogP) is 2.09. The Labute approximate surface area is 104 Å². The third kappa shape index (κ3) is 3.51. The minimum atomic E-state index is 0.735. The molecule has 0 amide bonds. The van der Waals surface area contributed by atoms with Crippen LogP contribution >= 0.6 is 0 Å². The highest BCUT2D eigenvalue weighted by Gasteiger charge is 2.21. The van der Waals surface area contributed by atoms with Crippen LogP contribution in [-0.2, 0) is 6.54 Å². The standard InChI is InChI=1S/C14H23N3/c1-12-8-13(10-16-9-12)11-17(7-6-15)14-4-2-3-5-14/h8-10,14H,2-7,11,15H2,1H3. The van der Waals surface area contributed by atoms with E-state index in [0.717, 1.165) is 25.7 Å². The van der Waals surface area contributed by atoms with E-state index in [-0.39, 0.29) is 0 Å². The van der Waals surface area contributed by atoms with Crippen molar-refractivity contribution in [2.24, 2.45) is 5.73 Å². The van der Waals surface area contributed by atoms with Crippen LogP contribution in [0.2, 0.25) is 0 Å². The highest BCUT2D eigenvalue weighted by molar-refractivity contribution is 5.16. The lowest BCUT2D eigenvalue weighted by Gasteiger charge is -2.28. The Bertz CT molecular complexity index is 345. The number of rotatable bonds is 5. The first-order chi connectivity index (χ1) is 8.29. The zero-order valence-corrected chi connectivity index (χ0v) is 10.7. The van der Waals surface area contributed by atoms with Crippen LogP contribution in [-0.4, -0.2) is 29.0 Å². The lowest BCUT2D eigenvalue weighted by molar-refractivity contribution is 0.195. The molecule has 1 aromatic heterocycles. The van der Waals surface area contributed by atoms with E-state index in [2.05, 4.69) is 22.9 Å². The molecule has 1 aliphatic carbocycles. The molecule has 3 nitrogen and oxygen atoms in total. The molecule has 0 radical (unpaired) electrons. The van der Waals surface area contributed by atoms with Gasteiger partial charge in [0, 0.05) is 38.1 Å². The number of hydrogen-bond donors (Lipinski definition) is 1. The minimum absolute atomic E-state index is 0.735. The number of nitrogens with zero attached hydrogens (tertiary/aromatic N) is 2. The van der Waals surface area contributed by atoms with Crippen molar-refractivity contribution in [3.05, 3.63) is 29.6 Å². The van der Waals surface area contributed by atoms with Crippen molar-refractivity contribution < 1.29 is 0 Å². The Morgan fingerprint density at radius 2 is 2.12 bits per heavy atom. The fourth-order valence-electron chi connectivity index (χ4n) is 2.76. The largest absolute Gasteiger partial charge is 0.329 e. The summed E-state index contributed by atoms with van der Waals surface area (Å²) in [6, 6.07) is 2.96. The molecule has 0 spiro atoms. The average molecular weight is 233 g/mol. The van der Waals surface area contributed by atoms with Crippen LogP contribution in [0.3, 0.4) is 0 Å². The topological polar surface area (TPSA) is 42.2 Å². The maximum absolute atomic E-state index is 5.72. The Balaban J connectivity index is 2.01. The van der Waals surface area contributed by atoms with Gasteiger partial charge in [-0.05, 0) is 30.9 Å². The molecule has 17 heavy (non-hydrogen) atoms. The van der Waals surface area contributed by atoms with Crippen LogP contribution in [0.5, 0.6) is 0 Å². The summed E-state index contributed by atoms with van der Waals surface area (Å²) in [7, 11) is 0. The van der Waals surface area contributed by atoms with Crippen molar-refractivity contribution in [3.63, 3.8) is 0 Å². The molecule has 1 fully saturated rings. The molecule has 0 bridgehead atoms. The summed E-state index contributed by atoms with van der Waals surface area (Å²) < 4.78 is 0. The first-order valence-electron chi connectivity index (χ1n) is 6.64. The summed E-state index contributed by atoms with van der Waals surface area (Å²) in [5.41, 5.74) is 8.27. The van der Waals surface area contributed by atoms with E-state index < -0.39 is 0 Å². The van der Waals surface area contributed by atoms with Crippen LogP contribution in [0.1, 0.15) is 36.8 Å². The van der Waals surface area contributed by atoms with Gasteiger partial charge in [-0.1, -0.05) is 18.9 Å². The van der Waals surface area contributed by atoms with Gasteiger partial charge in [-0.3, -0.25) is 9.88 Å². The Kier molecular flexibility index (Phi) is 4.51. The van der Waals surface area contributed by atoms with Gasteiger partial charge in [-0.2, -0.15) is 0 Å². The molecule has 0 aromatic carbocycles. The van der Waals surface area contributed by atoms with Crippen LogP contribution in [0, 0.1) is 6.92 Å². The second-order valence-electron chi connectivity index (χ2n) is 5.07. The zero-order chi connectivity index (χ0) is 12.1. The van der Waals surface area contributed by atoms with Crippen molar-refractivity contribution in [2.45, 2.75) is 45.2 Å². The summed E-state index contributed by atoms with van der Waals surface area (Å²) in [6.07, 6.45) is 9.30. The predicted molar refractivity (Wildman–Crippen MR) is 70.7 cm³/mol. The average Bonchev–Trinajstić information content (AvgIpc) is 2.82. The maximum atomic E-state index is 5.72. The molecule has 1 saturated carbocycles. The molecule has 0 saturated heterocycles. The Morgan fingerprint density at radius 1 is 1.35 bits per heavy atom. The van der Waals surface area contributed by atoms with Gasteiger partial charge < -0.3 is 5.73 Å². The summed E-state index contributed by atoms with van der Waals surface area (Å²) in [6.45, 7) is 4.84. The highest BCUT2D eigenvalue weighted by atomic mass is 15.2. The number of hydrogen-bond acceptors (Lipinski definition) is 3. The van der Waals surface area contributed by atoms with Gasteiger partial charge in [0.15, 0.2) is 0 Å². The van der Waals surface area contributed by atoms with Crippen LogP contribution in [0.25, 0.3) is 0 Å². The molecule has 94 valence electrons. The van der Waals surface area contributed by atoms with E-state index in [1.165, 1.54) is 36.8 Å². The van der Waals surface area contributed by atoms with Crippen molar-refractivity contribution in [2.75, 3.05) is 13.1 Å². The monoisotopic (exact) mass is 233 g/mol. The molecular formula is C14H23N3. The second kappa shape index (κ2) is 6.12. The fourth-order valence-corrected chi connectivity index (χ4v) is 2.76. The highest BCUT2D eigenvalue weighted by Crippen LogP contribution is 2.24.